The van der Waals surface area contributed by atoms with Gasteiger partial charge in [0.1, 0.15) is 0 Å². The normalized spacial score (nSPS) is 12.4. The zero-order valence-corrected chi connectivity index (χ0v) is 11.3. The van der Waals surface area contributed by atoms with Gasteiger partial charge in [-0.25, -0.2) is 8.42 Å². The van der Waals surface area contributed by atoms with Gasteiger partial charge in [-0.05, 0) is 18.4 Å². The molecule has 100 valence electrons. The third-order valence-electron chi connectivity index (χ3n) is 2.22. The molecule has 1 N–H and O–H groups in total. The van der Waals surface area contributed by atoms with E-state index in [4.69, 9.17) is 0 Å². The van der Waals surface area contributed by atoms with E-state index in [1.807, 2.05) is 6.92 Å². The maximum Gasteiger partial charge on any atom is 0.229 e. The highest BCUT2D eigenvalue weighted by Gasteiger charge is 2.06. The average Bonchev–Trinajstić information content (AvgIpc) is 2.27. The molecule has 0 fully saturated rings. The molecule has 1 aromatic rings. The van der Waals surface area contributed by atoms with Gasteiger partial charge in [-0.2, -0.15) is 0 Å². The number of hydrogen-bond acceptors (Lipinski definition) is 4. The second-order valence-corrected chi connectivity index (χ2v) is 5.71. The van der Waals surface area contributed by atoms with E-state index in [9.17, 15) is 13.5 Å². The summed E-state index contributed by atoms with van der Waals surface area (Å²) >= 11 is 0. The van der Waals surface area contributed by atoms with E-state index in [0.717, 1.165) is 19.1 Å². The van der Waals surface area contributed by atoms with Crippen LogP contribution in [0.5, 0.6) is 0 Å². The Labute approximate surface area is 108 Å². The Balaban J connectivity index is 2.98. The standard InChI is InChI=1S/C12H18N2O3S/c1-3-4-9-13-12(15)10-7-5-6-8-11(10)14-18(2,16)17/h5-8,14H,3-4,9H2,1-2H3,(H,13,15)/p-1. The van der Waals surface area contributed by atoms with Crippen LogP contribution in [0.2, 0.25) is 0 Å². The minimum Gasteiger partial charge on any atom is -0.858 e. The predicted molar refractivity (Wildman–Crippen MR) is 71.2 cm³/mol. The van der Waals surface area contributed by atoms with Crippen LogP contribution in [-0.2, 0) is 10.0 Å². The maximum atomic E-state index is 11.8. The quantitative estimate of drug-likeness (QED) is 0.474. The molecule has 0 amide bonds. The van der Waals surface area contributed by atoms with Crippen molar-refractivity contribution >= 4 is 21.6 Å². The lowest BCUT2D eigenvalue weighted by Crippen LogP contribution is -2.22. The molecular formula is C12H17N2O3S-. The molecule has 0 spiro atoms. The van der Waals surface area contributed by atoms with Crippen molar-refractivity contribution in [2.45, 2.75) is 19.8 Å². The number of para-hydroxylation sites is 1. The molecule has 0 aromatic heterocycles. The van der Waals surface area contributed by atoms with E-state index < -0.39 is 15.9 Å². The first-order valence-electron chi connectivity index (χ1n) is 5.72. The summed E-state index contributed by atoms with van der Waals surface area (Å²) in [5.41, 5.74) is 0.546. The van der Waals surface area contributed by atoms with Gasteiger partial charge in [0.15, 0.2) is 0 Å². The number of sulfonamides is 1. The van der Waals surface area contributed by atoms with Gasteiger partial charge < -0.3 is 10.1 Å². The Hall–Kier alpha value is -1.56. The first-order valence-corrected chi connectivity index (χ1v) is 7.62. The molecular weight excluding hydrogens is 252 g/mol. The van der Waals surface area contributed by atoms with Gasteiger partial charge in [-0.1, -0.05) is 31.5 Å². The molecule has 0 saturated heterocycles. The average molecular weight is 269 g/mol. The SMILES string of the molecule is CCCCN=C([O-])c1ccccc1NS(C)(=O)=O. The van der Waals surface area contributed by atoms with Crippen molar-refractivity contribution in [3.8, 4) is 0 Å². The molecule has 0 heterocycles. The van der Waals surface area contributed by atoms with Crippen molar-refractivity contribution < 1.29 is 13.5 Å². The highest BCUT2D eigenvalue weighted by molar-refractivity contribution is 7.92. The van der Waals surface area contributed by atoms with Crippen molar-refractivity contribution in [1.82, 2.24) is 0 Å². The fraction of sp³-hybridized carbons (Fsp3) is 0.417. The van der Waals surface area contributed by atoms with Gasteiger partial charge in [0.2, 0.25) is 10.0 Å². The monoisotopic (exact) mass is 269 g/mol. The van der Waals surface area contributed by atoms with E-state index in [1.165, 1.54) is 0 Å². The fourth-order valence-electron chi connectivity index (χ4n) is 1.38. The number of nitrogens with one attached hydrogen (secondary N) is 1. The number of unbranched alkanes of at least 4 members (excludes halogenated alkanes) is 1. The lowest BCUT2D eigenvalue weighted by atomic mass is 10.2. The number of anilines is 1. The van der Waals surface area contributed by atoms with Crippen molar-refractivity contribution in [2.75, 3.05) is 17.5 Å². The van der Waals surface area contributed by atoms with Crippen LogP contribution in [0.3, 0.4) is 0 Å². The molecule has 5 nitrogen and oxygen atoms in total. The zero-order valence-electron chi connectivity index (χ0n) is 10.5. The van der Waals surface area contributed by atoms with Crippen molar-refractivity contribution in [2.24, 2.45) is 4.99 Å². The Kier molecular flexibility index (Phi) is 5.15. The van der Waals surface area contributed by atoms with E-state index in [2.05, 4.69) is 9.71 Å². The zero-order chi connectivity index (χ0) is 13.6. The largest absolute Gasteiger partial charge is 0.858 e. The second-order valence-electron chi connectivity index (χ2n) is 3.96. The van der Waals surface area contributed by atoms with Crippen molar-refractivity contribution in [3.05, 3.63) is 29.8 Å². The molecule has 0 atom stereocenters. The summed E-state index contributed by atoms with van der Waals surface area (Å²) in [4.78, 5) is 3.90. The van der Waals surface area contributed by atoms with Crippen molar-refractivity contribution in [1.29, 1.82) is 0 Å². The van der Waals surface area contributed by atoms with Gasteiger partial charge in [-0.15, -0.1) is 0 Å². The predicted octanol–water partition coefficient (Wildman–Crippen LogP) is 0.965. The molecule has 0 aliphatic heterocycles. The summed E-state index contributed by atoms with van der Waals surface area (Å²) in [5.74, 6) is -0.393. The maximum absolute atomic E-state index is 11.8. The summed E-state index contributed by atoms with van der Waals surface area (Å²) in [6.45, 7) is 2.47. The van der Waals surface area contributed by atoms with Crippen LogP contribution in [0.4, 0.5) is 5.69 Å². The lowest BCUT2D eigenvalue weighted by molar-refractivity contribution is -0.213. The lowest BCUT2D eigenvalue weighted by Gasteiger charge is -2.16. The molecule has 0 unspecified atom stereocenters. The summed E-state index contributed by atoms with van der Waals surface area (Å²) in [6, 6.07) is 6.45. The first-order chi connectivity index (χ1) is 8.44. The molecule has 18 heavy (non-hydrogen) atoms. The van der Waals surface area contributed by atoms with Crippen LogP contribution in [0.1, 0.15) is 25.3 Å². The molecule has 0 saturated carbocycles. The van der Waals surface area contributed by atoms with Crippen LogP contribution in [0.15, 0.2) is 29.3 Å². The van der Waals surface area contributed by atoms with Crippen LogP contribution < -0.4 is 9.83 Å². The number of rotatable bonds is 6. The molecule has 0 aliphatic rings. The molecule has 0 bridgehead atoms. The minimum atomic E-state index is -3.40. The van der Waals surface area contributed by atoms with E-state index in [-0.39, 0.29) is 11.3 Å². The van der Waals surface area contributed by atoms with E-state index in [1.54, 1.807) is 24.3 Å². The van der Waals surface area contributed by atoms with Crippen molar-refractivity contribution in [3.63, 3.8) is 0 Å². The van der Waals surface area contributed by atoms with Gasteiger partial charge in [-0.3, -0.25) is 4.72 Å². The van der Waals surface area contributed by atoms with Crippen LogP contribution >= 0.6 is 0 Å². The van der Waals surface area contributed by atoms with Gasteiger partial charge >= 0.3 is 0 Å². The van der Waals surface area contributed by atoms with Crippen LogP contribution in [0.25, 0.3) is 0 Å². The molecule has 6 heteroatoms. The number of benzene rings is 1. The highest BCUT2D eigenvalue weighted by Crippen LogP contribution is 2.15. The molecule has 0 radical (unpaired) electrons. The number of nitrogens with zero attached hydrogens (tertiary/aromatic N) is 1. The Morgan fingerprint density at radius 3 is 2.67 bits per heavy atom. The third-order valence-corrected chi connectivity index (χ3v) is 2.81. The minimum absolute atomic E-state index is 0.269. The fourth-order valence-corrected chi connectivity index (χ4v) is 1.96. The van der Waals surface area contributed by atoms with E-state index >= 15 is 0 Å². The summed E-state index contributed by atoms with van der Waals surface area (Å²) in [6.07, 6.45) is 2.84. The number of aliphatic imine (C=N–C) groups is 1. The van der Waals surface area contributed by atoms with E-state index in [0.29, 0.717) is 6.54 Å². The first kappa shape index (κ1) is 14.5. The summed E-state index contributed by atoms with van der Waals surface area (Å²) in [5, 5.41) is 11.8. The van der Waals surface area contributed by atoms with Gasteiger partial charge in [0.25, 0.3) is 0 Å². The highest BCUT2D eigenvalue weighted by atomic mass is 32.2. The summed E-state index contributed by atoms with van der Waals surface area (Å²) in [7, 11) is -3.40. The number of hydrogen-bond donors (Lipinski definition) is 1. The van der Waals surface area contributed by atoms with Crippen LogP contribution in [0, 0.1) is 0 Å². The molecule has 1 rings (SSSR count). The Morgan fingerprint density at radius 2 is 2.06 bits per heavy atom. The topological polar surface area (TPSA) is 81.6 Å². The Bertz CT molecular complexity index is 524. The molecule has 0 aliphatic carbocycles. The summed E-state index contributed by atoms with van der Waals surface area (Å²) < 4.78 is 24.7. The molecule has 1 aromatic carbocycles. The second kappa shape index (κ2) is 6.39. The van der Waals surface area contributed by atoms with Gasteiger partial charge in [0.05, 0.1) is 11.9 Å². The Morgan fingerprint density at radius 1 is 1.39 bits per heavy atom. The van der Waals surface area contributed by atoms with Gasteiger partial charge in [0, 0.05) is 12.1 Å². The van der Waals surface area contributed by atoms with Crippen LogP contribution in [-0.4, -0.2) is 27.1 Å². The third kappa shape index (κ3) is 4.75. The smallest absolute Gasteiger partial charge is 0.229 e.